The van der Waals surface area contributed by atoms with Gasteiger partial charge in [0.15, 0.2) is 0 Å². The van der Waals surface area contributed by atoms with Crippen LogP contribution in [0.3, 0.4) is 0 Å². The van der Waals surface area contributed by atoms with E-state index in [2.05, 4.69) is 17.2 Å². The molecule has 0 unspecified atom stereocenters. The largest absolute Gasteiger partial charge is 0.397 e. The number of nitrogens with one attached hydrogen (secondary N) is 1. The molecular weight excluding hydrogens is 198 g/mol. The van der Waals surface area contributed by atoms with Crippen molar-refractivity contribution in [2.45, 2.75) is 39.2 Å². The van der Waals surface area contributed by atoms with Crippen LogP contribution in [0.5, 0.6) is 0 Å². The molecule has 0 saturated heterocycles. The first-order valence-corrected chi connectivity index (χ1v) is 6.15. The number of hydrogen-bond donors (Lipinski definition) is 2. The molecule has 88 valence electrons. The van der Waals surface area contributed by atoms with Gasteiger partial charge in [0.05, 0.1) is 17.6 Å². The minimum Gasteiger partial charge on any atom is -0.397 e. The van der Waals surface area contributed by atoms with Gasteiger partial charge in [-0.15, -0.1) is 0 Å². The van der Waals surface area contributed by atoms with Crippen LogP contribution in [0.4, 0.5) is 5.69 Å². The minimum atomic E-state index is 0.614. The van der Waals surface area contributed by atoms with Gasteiger partial charge in [-0.05, 0) is 36.8 Å². The van der Waals surface area contributed by atoms with Crippen molar-refractivity contribution in [3.63, 3.8) is 0 Å². The number of anilines is 1. The summed E-state index contributed by atoms with van der Waals surface area (Å²) in [6.45, 7) is 4.25. The molecular formula is C13H21N3. The fourth-order valence-electron chi connectivity index (χ4n) is 2.22. The van der Waals surface area contributed by atoms with E-state index in [-0.39, 0.29) is 0 Å². The van der Waals surface area contributed by atoms with Crippen LogP contribution in [0.2, 0.25) is 0 Å². The zero-order chi connectivity index (χ0) is 11.4. The highest BCUT2D eigenvalue weighted by atomic mass is 14.9. The first-order chi connectivity index (χ1) is 7.74. The zero-order valence-electron chi connectivity index (χ0n) is 10.00. The van der Waals surface area contributed by atoms with Crippen LogP contribution in [0.25, 0.3) is 0 Å². The Balaban J connectivity index is 1.74. The van der Waals surface area contributed by atoms with E-state index in [1.807, 2.05) is 12.1 Å². The van der Waals surface area contributed by atoms with E-state index in [9.17, 15) is 0 Å². The molecule has 1 fully saturated rings. The summed E-state index contributed by atoms with van der Waals surface area (Å²) < 4.78 is 0. The fourth-order valence-corrected chi connectivity index (χ4v) is 2.22. The molecule has 1 heterocycles. The molecule has 16 heavy (non-hydrogen) atoms. The van der Waals surface area contributed by atoms with E-state index < -0.39 is 0 Å². The number of pyridine rings is 1. The molecule has 0 aliphatic heterocycles. The molecule has 2 rings (SSSR count). The first-order valence-electron chi connectivity index (χ1n) is 6.15. The summed E-state index contributed by atoms with van der Waals surface area (Å²) in [5.74, 6) is 0. The van der Waals surface area contributed by atoms with Gasteiger partial charge in [0.1, 0.15) is 0 Å². The number of nitrogens with two attached hydrogens (primary N) is 1. The van der Waals surface area contributed by atoms with Crippen LogP contribution >= 0.6 is 0 Å². The molecule has 0 spiro atoms. The number of rotatable bonds is 6. The minimum absolute atomic E-state index is 0.614. The molecule has 1 aliphatic rings. The lowest BCUT2D eigenvalue weighted by atomic mass is 10.0. The predicted octanol–water partition coefficient (Wildman–Crippen LogP) is 2.33. The molecule has 1 saturated carbocycles. The average Bonchev–Trinajstić information content (AvgIpc) is 3.02. The molecule has 0 amide bonds. The van der Waals surface area contributed by atoms with Gasteiger partial charge in [-0.2, -0.15) is 0 Å². The second-order valence-corrected chi connectivity index (χ2v) is 4.94. The third kappa shape index (κ3) is 2.95. The Morgan fingerprint density at radius 1 is 1.44 bits per heavy atom. The topological polar surface area (TPSA) is 50.9 Å². The molecule has 1 aromatic rings. The maximum Gasteiger partial charge on any atom is 0.0543 e. The molecule has 1 aliphatic carbocycles. The van der Waals surface area contributed by atoms with Gasteiger partial charge < -0.3 is 11.1 Å². The van der Waals surface area contributed by atoms with Gasteiger partial charge in [-0.3, -0.25) is 4.98 Å². The van der Waals surface area contributed by atoms with E-state index >= 15 is 0 Å². The highest BCUT2D eigenvalue weighted by Crippen LogP contribution is 2.48. The van der Waals surface area contributed by atoms with E-state index in [0.717, 1.165) is 24.5 Å². The Kier molecular flexibility index (Phi) is 3.44. The molecule has 1 aromatic heterocycles. The molecule has 3 N–H and O–H groups in total. The molecule has 0 aromatic carbocycles. The van der Waals surface area contributed by atoms with Crippen molar-refractivity contribution >= 4 is 5.69 Å². The summed E-state index contributed by atoms with van der Waals surface area (Å²) >= 11 is 0. The van der Waals surface area contributed by atoms with Gasteiger partial charge in [0.25, 0.3) is 0 Å². The molecule has 3 nitrogen and oxygen atoms in total. The van der Waals surface area contributed by atoms with Crippen molar-refractivity contribution in [3.05, 3.63) is 24.0 Å². The van der Waals surface area contributed by atoms with Crippen molar-refractivity contribution < 1.29 is 0 Å². The van der Waals surface area contributed by atoms with Crippen LogP contribution in [-0.2, 0) is 6.54 Å². The van der Waals surface area contributed by atoms with Crippen molar-refractivity contribution in [1.29, 1.82) is 0 Å². The van der Waals surface area contributed by atoms with Crippen molar-refractivity contribution in [1.82, 2.24) is 10.3 Å². The molecule has 0 bridgehead atoms. The average molecular weight is 219 g/mol. The molecule has 0 radical (unpaired) electrons. The molecule has 3 heteroatoms. The highest BCUT2D eigenvalue weighted by molar-refractivity contribution is 5.34. The summed E-state index contributed by atoms with van der Waals surface area (Å²) in [6.07, 6.45) is 7.15. The van der Waals surface area contributed by atoms with Gasteiger partial charge in [-0.1, -0.05) is 13.3 Å². The maximum atomic E-state index is 5.59. The monoisotopic (exact) mass is 219 g/mol. The highest BCUT2D eigenvalue weighted by Gasteiger charge is 2.40. The summed E-state index contributed by atoms with van der Waals surface area (Å²) in [5, 5.41) is 3.51. The first kappa shape index (κ1) is 11.4. The van der Waals surface area contributed by atoms with Gasteiger partial charge in [-0.25, -0.2) is 0 Å². The van der Waals surface area contributed by atoms with Crippen molar-refractivity contribution in [2.24, 2.45) is 5.41 Å². The normalized spacial score (nSPS) is 17.3. The second-order valence-electron chi connectivity index (χ2n) is 4.94. The summed E-state index contributed by atoms with van der Waals surface area (Å²) in [7, 11) is 0. The number of nitrogens with zero attached hydrogens (tertiary/aromatic N) is 1. The third-order valence-corrected chi connectivity index (χ3v) is 3.39. The van der Waals surface area contributed by atoms with Crippen molar-refractivity contribution in [2.75, 3.05) is 12.3 Å². The smallest absolute Gasteiger partial charge is 0.0543 e. The van der Waals surface area contributed by atoms with Crippen molar-refractivity contribution in [3.8, 4) is 0 Å². The Morgan fingerprint density at radius 3 is 2.81 bits per heavy atom. The summed E-state index contributed by atoms with van der Waals surface area (Å²) in [6, 6.07) is 3.89. The second kappa shape index (κ2) is 4.83. The fraction of sp³-hybridized carbons (Fsp3) is 0.615. The maximum absolute atomic E-state index is 5.59. The Bertz CT molecular complexity index is 328. The predicted molar refractivity (Wildman–Crippen MR) is 66.9 cm³/mol. The van der Waals surface area contributed by atoms with Gasteiger partial charge in [0.2, 0.25) is 0 Å². The standard InChI is InChI=1S/C13H21N3/c1-2-5-13(6-7-13)10-15-9-12-4-3-11(14)8-16-12/h3-4,8,15H,2,5-7,9-10,14H2,1H3. The van der Waals surface area contributed by atoms with E-state index in [1.54, 1.807) is 6.20 Å². The van der Waals surface area contributed by atoms with Crippen LogP contribution in [0.1, 0.15) is 38.3 Å². The summed E-state index contributed by atoms with van der Waals surface area (Å²) in [5.41, 5.74) is 8.01. The van der Waals surface area contributed by atoms with Crippen LogP contribution in [0, 0.1) is 5.41 Å². The van der Waals surface area contributed by atoms with E-state index in [0.29, 0.717) is 5.41 Å². The number of aromatic nitrogens is 1. The Morgan fingerprint density at radius 2 is 2.25 bits per heavy atom. The number of hydrogen-bond acceptors (Lipinski definition) is 3. The third-order valence-electron chi connectivity index (χ3n) is 3.39. The summed E-state index contributed by atoms with van der Waals surface area (Å²) in [4.78, 5) is 4.28. The Labute approximate surface area is 97.5 Å². The SMILES string of the molecule is CCCC1(CNCc2ccc(N)cn2)CC1. The lowest BCUT2D eigenvalue weighted by Gasteiger charge is -2.14. The molecule has 0 atom stereocenters. The van der Waals surface area contributed by atoms with Crippen LogP contribution < -0.4 is 11.1 Å². The lowest BCUT2D eigenvalue weighted by molar-refractivity contribution is 0.419. The number of nitrogen functional groups attached to an aromatic ring is 1. The lowest BCUT2D eigenvalue weighted by Crippen LogP contribution is -2.23. The van der Waals surface area contributed by atoms with Crippen LogP contribution in [-0.4, -0.2) is 11.5 Å². The zero-order valence-corrected chi connectivity index (χ0v) is 10.00. The Hall–Kier alpha value is -1.09. The van der Waals surface area contributed by atoms with E-state index in [1.165, 1.54) is 25.7 Å². The quantitative estimate of drug-likeness (QED) is 0.772. The van der Waals surface area contributed by atoms with Crippen LogP contribution in [0.15, 0.2) is 18.3 Å². The van der Waals surface area contributed by atoms with Gasteiger partial charge >= 0.3 is 0 Å². The van der Waals surface area contributed by atoms with Gasteiger partial charge in [0, 0.05) is 13.1 Å². The van der Waals surface area contributed by atoms with E-state index in [4.69, 9.17) is 5.73 Å².